The van der Waals surface area contributed by atoms with Crippen LogP contribution in [0.15, 0.2) is 18.3 Å². The van der Waals surface area contributed by atoms with E-state index in [-0.39, 0.29) is 6.04 Å². The van der Waals surface area contributed by atoms with Crippen LogP contribution in [0.5, 0.6) is 0 Å². The number of hydrogen-bond donors (Lipinski definition) is 2. The number of nitrogens with two attached hydrogens (primary N) is 2. The number of nitrogens with zero attached hydrogens (tertiary/aromatic N) is 2. The van der Waals surface area contributed by atoms with Gasteiger partial charge in [0.15, 0.2) is 5.15 Å². The summed E-state index contributed by atoms with van der Waals surface area (Å²) in [6.45, 7) is 1.86. The van der Waals surface area contributed by atoms with Crippen molar-refractivity contribution >= 4 is 22.8 Å². The van der Waals surface area contributed by atoms with Crippen molar-refractivity contribution in [3.8, 4) is 0 Å². The fourth-order valence-corrected chi connectivity index (χ4v) is 1.64. The Morgan fingerprint density at radius 2 is 2.29 bits per heavy atom. The molecule has 0 aromatic carbocycles. The van der Waals surface area contributed by atoms with Gasteiger partial charge in [-0.15, -0.1) is 0 Å². The maximum atomic E-state index is 5.95. The highest BCUT2D eigenvalue weighted by atomic mass is 35.5. The van der Waals surface area contributed by atoms with E-state index in [1.165, 1.54) is 0 Å². The van der Waals surface area contributed by atoms with E-state index in [0.717, 1.165) is 11.3 Å². The van der Waals surface area contributed by atoms with E-state index in [9.17, 15) is 0 Å². The standard InChI is InChI=1S/C9H11ClN4/c1-5(11)9-13-8(10)7-4-6(12)2-3-14(7)9/h2-5H,11-12H2,1H3. The lowest BCUT2D eigenvalue weighted by Gasteiger charge is -2.03. The Labute approximate surface area is 86.5 Å². The van der Waals surface area contributed by atoms with E-state index in [2.05, 4.69) is 4.98 Å². The molecule has 0 fully saturated rings. The van der Waals surface area contributed by atoms with Crippen molar-refractivity contribution in [2.75, 3.05) is 5.73 Å². The van der Waals surface area contributed by atoms with Crippen molar-refractivity contribution in [1.29, 1.82) is 0 Å². The second-order valence-corrected chi connectivity index (χ2v) is 3.62. The first-order valence-electron chi connectivity index (χ1n) is 4.28. The van der Waals surface area contributed by atoms with Crippen LogP contribution in [0.2, 0.25) is 5.15 Å². The number of nitrogen functional groups attached to an aromatic ring is 1. The molecule has 0 saturated carbocycles. The van der Waals surface area contributed by atoms with Crippen molar-refractivity contribution in [2.24, 2.45) is 5.73 Å². The highest BCUT2D eigenvalue weighted by Gasteiger charge is 2.12. The van der Waals surface area contributed by atoms with Crippen molar-refractivity contribution in [3.05, 3.63) is 29.3 Å². The predicted molar refractivity (Wildman–Crippen MR) is 57.2 cm³/mol. The summed E-state index contributed by atoms with van der Waals surface area (Å²) >= 11 is 5.95. The van der Waals surface area contributed by atoms with Crippen LogP contribution in [0, 0.1) is 0 Å². The quantitative estimate of drug-likeness (QED) is 0.751. The van der Waals surface area contributed by atoms with Gasteiger partial charge in [0.2, 0.25) is 0 Å². The first-order valence-corrected chi connectivity index (χ1v) is 4.66. The smallest absolute Gasteiger partial charge is 0.155 e. The molecule has 0 aliphatic heterocycles. The molecule has 4 N–H and O–H groups in total. The number of hydrogen-bond acceptors (Lipinski definition) is 3. The third kappa shape index (κ3) is 1.32. The minimum Gasteiger partial charge on any atom is -0.399 e. The van der Waals surface area contributed by atoms with Gasteiger partial charge in [0, 0.05) is 11.9 Å². The van der Waals surface area contributed by atoms with Gasteiger partial charge >= 0.3 is 0 Å². The Balaban J connectivity index is 2.77. The SMILES string of the molecule is CC(N)c1nc(Cl)c2cc(N)ccn12. The lowest BCUT2D eigenvalue weighted by Crippen LogP contribution is -2.09. The summed E-state index contributed by atoms with van der Waals surface area (Å²) in [4.78, 5) is 4.18. The summed E-state index contributed by atoms with van der Waals surface area (Å²) < 4.78 is 1.85. The highest BCUT2D eigenvalue weighted by Crippen LogP contribution is 2.22. The Morgan fingerprint density at radius 1 is 1.57 bits per heavy atom. The molecule has 0 spiro atoms. The van der Waals surface area contributed by atoms with E-state index < -0.39 is 0 Å². The lowest BCUT2D eigenvalue weighted by atomic mass is 10.3. The molecule has 0 amide bonds. The summed E-state index contributed by atoms with van der Waals surface area (Å²) in [5, 5.41) is 0.435. The van der Waals surface area contributed by atoms with E-state index in [1.54, 1.807) is 12.1 Å². The Kier molecular flexibility index (Phi) is 2.09. The molecule has 0 radical (unpaired) electrons. The zero-order valence-corrected chi connectivity index (χ0v) is 8.49. The van der Waals surface area contributed by atoms with Crippen molar-refractivity contribution < 1.29 is 0 Å². The molecule has 2 heterocycles. The van der Waals surface area contributed by atoms with Gasteiger partial charge in [0.05, 0.1) is 11.6 Å². The molecule has 0 aliphatic carbocycles. The minimum absolute atomic E-state index is 0.154. The number of aromatic nitrogens is 2. The fraction of sp³-hybridized carbons (Fsp3) is 0.222. The molecule has 1 atom stereocenters. The summed E-state index contributed by atoms with van der Waals surface area (Å²) in [6.07, 6.45) is 1.82. The normalized spacial score (nSPS) is 13.4. The number of rotatable bonds is 1. The first kappa shape index (κ1) is 9.30. The van der Waals surface area contributed by atoms with E-state index in [1.807, 2.05) is 17.5 Å². The average Bonchev–Trinajstić information content (AvgIpc) is 2.44. The largest absolute Gasteiger partial charge is 0.399 e. The molecular weight excluding hydrogens is 200 g/mol. The summed E-state index contributed by atoms with van der Waals surface area (Å²) in [5.74, 6) is 0.741. The van der Waals surface area contributed by atoms with E-state index >= 15 is 0 Å². The van der Waals surface area contributed by atoms with Gasteiger partial charge in [-0.3, -0.25) is 0 Å². The lowest BCUT2D eigenvalue weighted by molar-refractivity contribution is 0.736. The van der Waals surface area contributed by atoms with Gasteiger partial charge in [-0.2, -0.15) is 0 Å². The van der Waals surface area contributed by atoms with Gasteiger partial charge in [0.25, 0.3) is 0 Å². The minimum atomic E-state index is -0.154. The zero-order chi connectivity index (χ0) is 10.3. The van der Waals surface area contributed by atoms with Crippen LogP contribution in [0.4, 0.5) is 5.69 Å². The highest BCUT2D eigenvalue weighted by molar-refractivity contribution is 6.32. The summed E-state index contributed by atoms with van der Waals surface area (Å²) in [5.41, 5.74) is 12.9. The average molecular weight is 211 g/mol. The maximum absolute atomic E-state index is 5.95. The first-order chi connectivity index (χ1) is 6.59. The molecule has 2 aromatic heterocycles. The second-order valence-electron chi connectivity index (χ2n) is 3.26. The van der Waals surface area contributed by atoms with Crippen LogP contribution in [-0.4, -0.2) is 9.38 Å². The van der Waals surface area contributed by atoms with Crippen LogP contribution in [-0.2, 0) is 0 Å². The molecule has 2 aromatic rings. The van der Waals surface area contributed by atoms with Gasteiger partial charge in [-0.05, 0) is 19.1 Å². The summed E-state index contributed by atoms with van der Waals surface area (Å²) in [6, 6.07) is 3.41. The van der Waals surface area contributed by atoms with Crippen LogP contribution in [0.1, 0.15) is 18.8 Å². The molecule has 5 heteroatoms. The molecule has 1 unspecified atom stereocenters. The van der Waals surface area contributed by atoms with Crippen LogP contribution in [0.25, 0.3) is 5.52 Å². The number of halogens is 1. The van der Waals surface area contributed by atoms with Crippen molar-refractivity contribution in [2.45, 2.75) is 13.0 Å². The van der Waals surface area contributed by atoms with Gasteiger partial charge < -0.3 is 15.9 Å². The molecule has 4 nitrogen and oxygen atoms in total. The molecule has 0 bridgehead atoms. The predicted octanol–water partition coefficient (Wildman–Crippen LogP) is 1.59. The van der Waals surface area contributed by atoms with Crippen LogP contribution < -0.4 is 11.5 Å². The topological polar surface area (TPSA) is 69.3 Å². The molecule has 2 rings (SSSR count). The van der Waals surface area contributed by atoms with Gasteiger partial charge in [0.1, 0.15) is 5.82 Å². The summed E-state index contributed by atoms with van der Waals surface area (Å²) in [7, 11) is 0. The van der Waals surface area contributed by atoms with Crippen LogP contribution >= 0.6 is 11.6 Å². The molecular formula is C9H11ClN4. The molecule has 74 valence electrons. The third-order valence-corrected chi connectivity index (χ3v) is 2.34. The monoisotopic (exact) mass is 210 g/mol. The maximum Gasteiger partial charge on any atom is 0.155 e. The molecule has 14 heavy (non-hydrogen) atoms. The zero-order valence-electron chi connectivity index (χ0n) is 7.74. The Morgan fingerprint density at radius 3 is 2.93 bits per heavy atom. The van der Waals surface area contributed by atoms with Crippen LogP contribution in [0.3, 0.4) is 0 Å². The second kappa shape index (κ2) is 3.15. The number of imidazole rings is 1. The number of anilines is 1. The number of fused-ring (bicyclic) bond motifs is 1. The molecule has 0 saturated heterocycles. The Hall–Kier alpha value is -1.26. The third-order valence-electron chi connectivity index (χ3n) is 2.06. The van der Waals surface area contributed by atoms with Gasteiger partial charge in [-0.1, -0.05) is 11.6 Å². The van der Waals surface area contributed by atoms with E-state index in [4.69, 9.17) is 23.1 Å². The molecule has 0 aliphatic rings. The number of pyridine rings is 1. The van der Waals surface area contributed by atoms with Gasteiger partial charge in [-0.25, -0.2) is 4.98 Å². The fourth-order valence-electron chi connectivity index (χ4n) is 1.41. The van der Waals surface area contributed by atoms with E-state index in [0.29, 0.717) is 10.8 Å². The van der Waals surface area contributed by atoms with Crippen molar-refractivity contribution in [1.82, 2.24) is 9.38 Å². The van der Waals surface area contributed by atoms with Crippen molar-refractivity contribution in [3.63, 3.8) is 0 Å². The Bertz CT molecular complexity index is 475.